The monoisotopic (exact) mass is 303 g/mol. The van der Waals surface area contributed by atoms with Gasteiger partial charge in [0.15, 0.2) is 6.17 Å². The zero-order chi connectivity index (χ0) is 16.0. The molecule has 0 saturated carbocycles. The van der Waals surface area contributed by atoms with Crippen LogP contribution in [0.4, 0.5) is 4.39 Å². The Bertz CT molecular complexity index is 652. The second-order valence-electron chi connectivity index (χ2n) is 6.28. The molecule has 6 heteroatoms. The van der Waals surface area contributed by atoms with E-state index in [1.165, 1.54) is 23.6 Å². The first kappa shape index (κ1) is 14.8. The highest BCUT2D eigenvalue weighted by Crippen LogP contribution is 2.42. The predicted molar refractivity (Wildman–Crippen MR) is 86.2 cm³/mol. The van der Waals surface area contributed by atoms with Gasteiger partial charge in [-0.25, -0.2) is 9.38 Å². The standard InChI is InChI=1S/C16H22FN5/c1-8-4-5-11-7-9(2)13(12(11)6-8)22-14(10(3)17)20-15(18)21-16(22)19/h4-6,9-10,13-14H,7H2,1-3H3,(H4,18,19,20,21)/t9-,10?,13+,14?/m0/s1. The molecular weight excluding hydrogens is 281 g/mol. The van der Waals surface area contributed by atoms with E-state index in [4.69, 9.17) is 11.5 Å². The highest BCUT2D eigenvalue weighted by Gasteiger charge is 2.41. The molecule has 1 heterocycles. The maximum Gasteiger partial charge on any atom is 0.220 e. The molecular formula is C16H22FN5. The normalized spacial score (nSPS) is 28.9. The topological polar surface area (TPSA) is 80.0 Å². The number of rotatable bonds is 2. The van der Waals surface area contributed by atoms with Gasteiger partial charge in [-0.2, -0.15) is 4.99 Å². The van der Waals surface area contributed by atoms with E-state index in [-0.39, 0.29) is 18.0 Å². The van der Waals surface area contributed by atoms with Crippen LogP contribution < -0.4 is 11.5 Å². The number of alkyl halides is 1. The van der Waals surface area contributed by atoms with Gasteiger partial charge >= 0.3 is 0 Å². The average molecular weight is 303 g/mol. The van der Waals surface area contributed by atoms with Crippen LogP contribution in [-0.4, -0.2) is 29.2 Å². The maximum atomic E-state index is 14.1. The van der Waals surface area contributed by atoms with Crippen LogP contribution in [0.2, 0.25) is 0 Å². The number of nitrogens with zero attached hydrogens (tertiary/aromatic N) is 3. The van der Waals surface area contributed by atoms with Crippen LogP contribution in [0, 0.1) is 12.8 Å². The predicted octanol–water partition coefficient (Wildman–Crippen LogP) is 1.86. The molecule has 0 fully saturated rings. The van der Waals surface area contributed by atoms with Crippen molar-refractivity contribution in [3.8, 4) is 0 Å². The van der Waals surface area contributed by atoms with Crippen molar-refractivity contribution < 1.29 is 4.39 Å². The van der Waals surface area contributed by atoms with Gasteiger partial charge in [-0.1, -0.05) is 30.7 Å². The van der Waals surface area contributed by atoms with Crippen LogP contribution in [0.3, 0.4) is 0 Å². The lowest BCUT2D eigenvalue weighted by molar-refractivity contribution is 0.127. The number of fused-ring (bicyclic) bond motifs is 1. The molecule has 2 aliphatic rings. The molecule has 1 aliphatic heterocycles. The number of benzene rings is 1. The van der Waals surface area contributed by atoms with Crippen LogP contribution in [0.5, 0.6) is 0 Å². The molecule has 0 aromatic heterocycles. The molecule has 3 rings (SSSR count). The third kappa shape index (κ3) is 2.32. The lowest BCUT2D eigenvalue weighted by atomic mass is 9.98. The van der Waals surface area contributed by atoms with E-state index in [0.717, 1.165) is 6.42 Å². The van der Waals surface area contributed by atoms with Gasteiger partial charge in [-0.15, -0.1) is 0 Å². The Morgan fingerprint density at radius 3 is 2.77 bits per heavy atom. The van der Waals surface area contributed by atoms with E-state index in [0.29, 0.717) is 5.92 Å². The lowest BCUT2D eigenvalue weighted by Gasteiger charge is -2.40. The highest BCUT2D eigenvalue weighted by molar-refractivity contribution is 5.95. The Balaban J connectivity index is 2.06. The fourth-order valence-electron chi connectivity index (χ4n) is 3.53. The third-order valence-corrected chi connectivity index (χ3v) is 4.45. The van der Waals surface area contributed by atoms with Gasteiger partial charge < -0.3 is 16.4 Å². The number of aryl methyl sites for hydroxylation is 1. The van der Waals surface area contributed by atoms with Crippen LogP contribution in [0.15, 0.2) is 28.2 Å². The zero-order valence-corrected chi connectivity index (χ0v) is 13.1. The summed E-state index contributed by atoms with van der Waals surface area (Å²) in [5, 5.41) is 0. The highest BCUT2D eigenvalue weighted by atomic mass is 19.1. The molecule has 1 aromatic carbocycles. The summed E-state index contributed by atoms with van der Waals surface area (Å²) in [4.78, 5) is 10.0. The second-order valence-corrected chi connectivity index (χ2v) is 6.28. The van der Waals surface area contributed by atoms with Gasteiger partial charge in [0.1, 0.15) is 6.17 Å². The van der Waals surface area contributed by atoms with Gasteiger partial charge in [-0.3, -0.25) is 0 Å². The minimum absolute atomic E-state index is 0.0290. The van der Waals surface area contributed by atoms with Crippen LogP contribution >= 0.6 is 0 Å². The Morgan fingerprint density at radius 2 is 2.09 bits per heavy atom. The Hall–Kier alpha value is -2.11. The van der Waals surface area contributed by atoms with Gasteiger partial charge in [0, 0.05) is 0 Å². The van der Waals surface area contributed by atoms with E-state index in [1.807, 2.05) is 0 Å². The number of halogens is 1. The van der Waals surface area contributed by atoms with E-state index in [2.05, 4.69) is 42.0 Å². The van der Waals surface area contributed by atoms with Crippen LogP contribution in [-0.2, 0) is 6.42 Å². The maximum absolute atomic E-state index is 14.1. The minimum Gasteiger partial charge on any atom is -0.369 e. The Kier molecular flexibility index (Phi) is 3.54. The fraction of sp³-hybridized carbons (Fsp3) is 0.500. The van der Waals surface area contributed by atoms with Gasteiger partial charge in [0.05, 0.1) is 6.04 Å². The Morgan fingerprint density at radius 1 is 1.36 bits per heavy atom. The van der Waals surface area contributed by atoms with Crippen molar-refractivity contribution in [2.45, 2.75) is 45.6 Å². The quantitative estimate of drug-likeness (QED) is 0.875. The summed E-state index contributed by atoms with van der Waals surface area (Å²) in [5.74, 6) is 0.591. The van der Waals surface area contributed by atoms with E-state index in [9.17, 15) is 4.39 Å². The molecule has 0 amide bonds. The molecule has 0 saturated heterocycles. The number of hydrogen-bond donors (Lipinski definition) is 2. The molecule has 4 atom stereocenters. The molecule has 118 valence electrons. The summed E-state index contributed by atoms with van der Waals surface area (Å²) in [6.07, 6.45) is -0.971. The molecule has 22 heavy (non-hydrogen) atoms. The average Bonchev–Trinajstić information content (AvgIpc) is 2.73. The van der Waals surface area contributed by atoms with E-state index >= 15 is 0 Å². The zero-order valence-electron chi connectivity index (χ0n) is 13.1. The van der Waals surface area contributed by atoms with Crippen molar-refractivity contribution >= 4 is 11.9 Å². The summed E-state index contributed by atoms with van der Waals surface area (Å²) >= 11 is 0. The van der Waals surface area contributed by atoms with E-state index < -0.39 is 12.3 Å². The van der Waals surface area contributed by atoms with Gasteiger partial charge in [0.2, 0.25) is 11.9 Å². The number of hydrogen-bond acceptors (Lipinski definition) is 5. The van der Waals surface area contributed by atoms with Crippen molar-refractivity contribution in [2.75, 3.05) is 0 Å². The van der Waals surface area contributed by atoms with Crippen molar-refractivity contribution in [1.82, 2.24) is 4.90 Å². The molecule has 0 spiro atoms. The minimum atomic E-state index is -1.19. The van der Waals surface area contributed by atoms with Crippen molar-refractivity contribution in [3.05, 3.63) is 34.9 Å². The van der Waals surface area contributed by atoms with Gasteiger partial charge in [0.25, 0.3) is 0 Å². The van der Waals surface area contributed by atoms with Gasteiger partial charge in [-0.05, 0) is 37.3 Å². The molecule has 4 N–H and O–H groups in total. The summed E-state index contributed by atoms with van der Waals surface area (Å²) in [6, 6.07) is 6.37. The summed E-state index contributed by atoms with van der Waals surface area (Å²) in [6.45, 7) is 5.68. The van der Waals surface area contributed by atoms with Crippen molar-refractivity contribution in [1.29, 1.82) is 0 Å². The molecule has 0 radical (unpaired) electrons. The van der Waals surface area contributed by atoms with Crippen LogP contribution in [0.25, 0.3) is 0 Å². The summed E-state index contributed by atoms with van der Waals surface area (Å²) < 4.78 is 14.1. The molecule has 1 aliphatic carbocycles. The molecule has 2 unspecified atom stereocenters. The molecule has 0 bridgehead atoms. The Labute approximate surface area is 129 Å². The molecule has 1 aromatic rings. The lowest BCUT2D eigenvalue weighted by Crippen LogP contribution is -2.53. The van der Waals surface area contributed by atoms with E-state index in [1.54, 1.807) is 4.90 Å². The second kappa shape index (κ2) is 5.26. The van der Waals surface area contributed by atoms with Crippen molar-refractivity contribution in [2.24, 2.45) is 27.4 Å². The van der Waals surface area contributed by atoms with Crippen molar-refractivity contribution in [3.63, 3.8) is 0 Å². The smallest absolute Gasteiger partial charge is 0.220 e. The fourth-order valence-corrected chi connectivity index (χ4v) is 3.53. The SMILES string of the molecule is Cc1ccc2c(c1)[C@H](N1C(N)=NC(N)=NC1C(C)F)[C@@H](C)C2. The molecule has 5 nitrogen and oxygen atoms in total. The number of guanidine groups is 2. The summed E-state index contributed by atoms with van der Waals surface area (Å²) in [5.41, 5.74) is 15.4. The number of aliphatic imine (C=N–C) groups is 2. The first-order valence-electron chi connectivity index (χ1n) is 7.57. The van der Waals surface area contributed by atoms with Crippen LogP contribution in [0.1, 0.15) is 36.6 Å². The third-order valence-electron chi connectivity index (χ3n) is 4.45. The number of nitrogens with two attached hydrogens (primary N) is 2. The summed E-state index contributed by atoms with van der Waals surface area (Å²) in [7, 11) is 0. The first-order valence-corrected chi connectivity index (χ1v) is 7.57. The largest absolute Gasteiger partial charge is 0.369 e. The first-order chi connectivity index (χ1) is 10.4.